The first kappa shape index (κ1) is 50.6. The summed E-state index contributed by atoms with van der Waals surface area (Å²) in [6, 6.07) is 56.6. The summed E-state index contributed by atoms with van der Waals surface area (Å²) in [7, 11) is 0. The van der Waals surface area contributed by atoms with Gasteiger partial charge in [0.05, 0.1) is 0 Å². The van der Waals surface area contributed by atoms with Crippen LogP contribution in [-0.2, 0) is 5.41 Å². The number of rotatable bonds is 8. The van der Waals surface area contributed by atoms with E-state index in [4.69, 9.17) is 0 Å². The van der Waals surface area contributed by atoms with Gasteiger partial charge in [-0.1, -0.05) is 231 Å². The van der Waals surface area contributed by atoms with Gasteiger partial charge in [-0.3, -0.25) is 0 Å². The molecule has 0 radical (unpaired) electrons. The molecular weight excluding hydrogens is 849 g/mol. The molecule has 0 saturated heterocycles. The zero-order valence-corrected chi connectivity index (χ0v) is 44.2. The lowest BCUT2D eigenvalue weighted by Crippen LogP contribution is -2.25. The summed E-state index contributed by atoms with van der Waals surface area (Å²) in [4.78, 5) is 1.30. The van der Waals surface area contributed by atoms with Crippen LogP contribution in [0.3, 0.4) is 0 Å². The standard InChI is InChI=1S/C34H32.C16H16.C14H14S.2C2H6/c1-4-19-34(20-5-2)31-21-23(3)17-18-29(31)33-28-15-9-8-14-27(28)30(22-32(33)34)26-16-10-12-24-11-6-7-13-25(24)26;1-3-12-13-6-4-5-7-14(13)15-9-8-11(2)10-16(12)15;1-4-6-13-11(5-2)12-8-7-10(3)9-14(12)15-13;2*1-2/h6-18,21-22H,4-5,19-20H2,1-3H3;4-10,12H,3H2,1-2H3;4-9H,2H2,1,3H3;2*1-2H3/b;;6-4-;;. The second-order valence-electron chi connectivity index (χ2n) is 18.3. The van der Waals surface area contributed by atoms with E-state index in [9.17, 15) is 0 Å². The van der Waals surface area contributed by atoms with Gasteiger partial charge in [0.2, 0.25) is 0 Å². The first-order chi connectivity index (χ1) is 33.7. The lowest BCUT2D eigenvalue weighted by atomic mass is 9.70. The number of thiophene rings is 1. The third-order valence-corrected chi connectivity index (χ3v) is 15.1. The van der Waals surface area contributed by atoms with Gasteiger partial charge in [-0.05, 0) is 153 Å². The van der Waals surface area contributed by atoms with Crippen LogP contribution in [0.15, 0.2) is 164 Å². The number of benzene rings is 8. The van der Waals surface area contributed by atoms with Crippen LogP contribution in [0.4, 0.5) is 0 Å². The summed E-state index contributed by atoms with van der Waals surface area (Å²) in [5.41, 5.74) is 20.0. The Bertz CT molecular complexity index is 3230. The molecule has 8 aromatic carbocycles. The van der Waals surface area contributed by atoms with E-state index in [2.05, 4.69) is 212 Å². The van der Waals surface area contributed by atoms with Crippen molar-refractivity contribution in [3.63, 3.8) is 0 Å². The molecule has 2 aliphatic carbocycles. The fourth-order valence-electron chi connectivity index (χ4n) is 11.3. The Balaban J connectivity index is 0.000000167. The molecule has 0 aliphatic heterocycles. The van der Waals surface area contributed by atoms with E-state index >= 15 is 0 Å². The Labute approximate surface area is 419 Å². The molecule has 1 heterocycles. The minimum atomic E-state index is 0.0869. The van der Waals surface area contributed by atoms with Crippen molar-refractivity contribution in [3.8, 4) is 33.4 Å². The highest BCUT2D eigenvalue weighted by atomic mass is 32.1. The summed E-state index contributed by atoms with van der Waals surface area (Å²) < 4.78 is 1.35. The molecule has 69 heavy (non-hydrogen) atoms. The van der Waals surface area contributed by atoms with Crippen molar-refractivity contribution in [1.29, 1.82) is 0 Å². The van der Waals surface area contributed by atoms with Gasteiger partial charge in [0, 0.05) is 26.3 Å². The quantitative estimate of drug-likeness (QED) is 0.142. The van der Waals surface area contributed by atoms with Gasteiger partial charge in [0.1, 0.15) is 0 Å². The molecule has 0 spiro atoms. The molecule has 9 aromatic rings. The zero-order chi connectivity index (χ0) is 49.2. The van der Waals surface area contributed by atoms with Gasteiger partial charge < -0.3 is 0 Å². The van der Waals surface area contributed by atoms with Crippen LogP contribution in [-0.4, -0.2) is 0 Å². The minimum absolute atomic E-state index is 0.0869. The molecule has 11 rings (SSSR count). The molecular formula is C68H74S. The molecule has 1 heteroatoms. The van der Waals surface area contributed by atoms with Crippen LogP contribution >= 0.6 is 11.3 Å². The molecule has 0 N–H and O–H groups in total. The Kier molecular flexibility index (Phi) is 16.8. The summed E-state index contributed by atoms with van der Waals surface area (Å²) in [6.07, 6.45) is 12.1. The van der Waals surface area contributed by atoms with Crippen LogP contribution < -0.4 is 0 Å². The molecule has 0 fully saturated rings. The monoisotopic (exact) mass is 923 g/mol. The number of hydrogen-bond donors (Lipinski definition) is 0. The van der Waals surface area contributed by atoms with E-state index in [0.717, 1.165) is 0 Å². The molecule has 0 bridgehead atoms. The summed E-state index contributed by atoms with van der Waals surface area (Å²) in [6.45, 7) is 27.4. The van der Waals surface area contributed by atoms with Crippen molar-refractivity contribution in [2.45, 2.75) is 120 Å². The lowest BCUT2D eigenvalue weighted by Gasteiger charge is -2.32. The maximum atomic E-state index is 3.89. The SMILES string of the molecule is C=Cc1c(/C=C\C)sc2cc(C)ccc12.CC.CC.CCC1c2ccccc2-c2ccc(C)cc21.CCCC1(CCC)c2cc(C)ccc2-c2c1cc(-c1cccc3ccccc13)c1ccccc21. The molecule has 2 aliphatic rings. The van der Waals surface area contributed by atoms with E-state index in [1.165, 1.54) is 135 Å². The van der Waals surface area contributed by atoms with E-state index in [-0.39, 0.29) is 5.41 Å². The smallest absolute Gasteiger partial charge is 0.0358 e. The zero-order valence-electron chi connectivity index (χ0n) is 43.4. The van der Waals surface area contributed by atoms with Gasteiger partial charge in [-0.15, -0.1) is 11.3 Å². The average molecular weight is 923 g/mol. The fraction of sp³-hybridized carbons (Fsp3) is 0.265. The van der Waals surface area contributed by atoms with E-state index < -0.39 is 0 Å². The third-order valence-electron chi connectivity index (χ3n) is 14.0. The first-order valence-corrected chi connectivity index (χ1v) is 26.7. The van der Waals surface area contributed by atoms with Crippen molar-refractivity contribution in [2.75, 3.05) is 0 Å². The number of hydrogen-bond acceptors (Lipinski definition) is 1. The molecule has 352 valence electrons. The third kappa shape index (κ3) is 9.69. The summed E-state index contributed by atoms with van der Waals surface area (Å²) in [5, 5.41) is 6.69. The minimum Gasteiger partial charge on any atom is -0.135 e. The van der Waals surface area contributed by atoms with Gasteiger partial charge in [-0.2, -0.15) is 0 Å². The fourth-order valence-corrected chi connectivity index (χ4v) is 12.5. The molecule has 1 atom stereocenters. The molecule has 0 amide bonds. The van der Waals surface area contributed by atoms with Crippen LogP contribution in [0, 0.1) is 20.8 Å². The summed E-state index contributed by atoms with van der Waals surface area (Å²) in [5.74, 6) is 0.603. The lowest BCUT2D eigenvalue weighted by molar-refractivity contribution is 0.436. The number of allylic oxidation sites excluding steroid dienone is 1. The predicted molar refractivity (Wildman–Crippen MR) is 310 cm³/mol. The van der Waals surface area contributed by atoms with E-state index in [1.807, 2.05) is 52.0 Å². The van der Waals surface area contributed by atoms with Crippen LogP contribution in [0.2, 0.25) is 0 Å². The van der Waals surface area contributed by atoms with Crippen molar-refractivity contribution in [1.82, 2.24) is 0 Å². The maximum Gasteiger partial charge on any atom is 0.0358 e. The van der Waals surface area contributed by atoms with Crippen molar-refractivity contribution in [2.24, 2.45) is 0 Å². The predicted octanol–water partition coefficient (Wildman–Crippen LogP) is 21.3. The van der Waals surface area contributed by atoms with Crippen molar-refractivity contribution in [3.05, 3.63) is 214 Å². The van der Waals surface area contributed by atoms with Gasteiger partial charge in [0.25, 0.3) is 0 Å². The number of fused-ring (bicyclic) bond motifs is 10. The second-order valence-corrected chi connectivity index (χ2v) is 19.4. The second kappa shape index (κ2) is 22.9. The van der Waals surface area contributed by atoms with Crippen molar-refractivity contribution < 1.29 is 0 Å². The highest BCUT2D eigenvalue weighted by molar-refractivity contribution is 7.20. The average Bonchev–Trinajstić information content (AvgIpc) is 3.99. The highest BCUT2D eigenvalue weighted by Gasteiger charge is 2.43. The maximum absolute atomic E-state index is 3.89. The van der Waals surface area contributed by atoms with E-state index in [1.54, 1.807) is 11.1 Å². The number of aryl methyl sites for hydroxylation is 3. The van der Waals surface area contributed by atoms with Gasteiger partial charge >= 0.3 is 0 Å². The topological polar surface area (TPSA) is 0 Å². The molecule has 1 unspecified atom stereocenters. The Morgan fingerprint density at radius 3 is 1.80 bits per heavy atom. The summed E-state index contributed by atoms with van der Waals surface area (Å²) >= 11 is 1.83. The normalized spacial score (nSPS) is 13.4. The van der Waals surface area contributed by atoms with Crippen LogP contribution in [0.25, 0.3) is 77.2 Å². The Morgan fingerprint density at radius 1 is 0.522 bits per heavy atom. The van der Waals surface area contributed by atoms with Crippen LogP contribution in [0.5, 0.6) is 0 Å². The van der Waals surface area contributed by atoms with Gasteiger partial charge in [-0.25, -0.2) is 0 Å². The highest BCUT2D eigenvalue weighted by Crippen LogP contribution is 2.57. The largest absolute Gasteiger partial charge is 0.135 e. The first-order valence-electron chi connectivity index (χ1n) is 25.9. The van der Waals surface area contributed by atoms with Crippen LogP contribution in [0.1, 0.15) is 143 Å². The van der Waals surface area contributed by atoms with E-state index in [0.29, 0.717) is 5.92 Å². The molecule has 0 saturated carbocycles. The van der Waals surface area contributed by atoms with Crippen molar-refractivity contribution >= 4 is 55.1 Å². The van der Waals surface area contributed by atoms with Gasteiger partial charge in [0.15, 0.2) is 0 Å². The Hall–Kier alpha value is -6.28. The molecule has 1 aromatic heterocycles. The molecule has 0 nitrogen and oxygen atoms in total. The Morgan fingerprint density at radius 2 is 1.10 bits per heavy atom.